The average Bonchev–Trinajstić information content (AvgIpc) is 3.45. The summed E-state index contributed by atoms with van der Waals surface area (Å²) in [6, 6.07) is 7.66. The first-order chi connectivity index (χ1) is 11.7. The van der Waals surface area contributed by atoms with Crippen LogP contribution in [0.4, 0.5) is 4.39 Å². The Morgan fingerprint density at radius 2 is 2.04 bits per heavy atom. The lowest BCUT2D eigenvalue weighted by Gasteiger charge is -2.33. The Labute approximate surface area is 165 Å². The number of aliphatic imine (C=N–C) groups is 1. The molecule has 7 heteroatoms. The zero-order valence-electron chi connectivity index (χ0n) is 14.5. The van der Waals surface area contributed by atoms with Crippen molar-refractivity contribution in [2.45, 2.75) is 44.3 Å². The van der Waals surface area contributed by atoms with E-state index in [4.69, 9.17) is 5.26 Å². The molecule has 0 aromatic heterocycles. The lowest BCUT2D eigenvalue weighted by molar-refractivity contribution is 0.197. The van der Waals surface area contributed by atoms with Gasteiger partial charge in [0.05, 0.1) is 11.6 Å². The zero-order valence-corrected chi connectivity index (χ0v) is 16.8. The average molecular weight is 457 g/mol. The zero-order chi connectivity index (χ0) is 16.9. The Morgan fingerprint density at radius 3 is 2.64 bits per heavy atom. The summed E-state index contributed by atoms with van der Waals surface area (Å²) in [6.07, 6.45) is 4.92. The first-order valence-electron chi connectivity index (χ1n) is 8.59. The molecule has 3 rings (SSSR count). The van der Waals surface area contributed by atoms with E-state index in [9.17, 15) is 4.39 Å². The molecule has 1 saturated carbocycles. The van der Waals surface area contributed by atoms with E-state index >= 15 is 0 Å². The topological polar surface area (TPSA) is 63.5 Å². The third kappa shape index (κ3) is 5.54. The highest BCUT2D eigenvalue weighted by Crippen LogP contribution is 2.29. The molecule has 5 nitrogen and oxygen atoms in total. The van der Waals surface area contributed by atoms with E-state index in [-0.39, 0.29) is 29.8 Å². The van der Waals surface area contributed by atoms with Crippen LogP contribution in [0.15, 0.2) is 23.2 Å². The molecule has 0 unspecified atom stereocenters. The number of benzene rings is 1. The number of rotatable bonds is 4. The van der Waals surface area contributed by atoms with Gasteiger partial charge in [0.25, 0.3) is 0 Å². The van der Waals surface area contributed by atoms with E-state index in [1.54, 1.807) is 13.1 Å². The van der Waals surface area contributed by atoms with Gasteiger partial charge in [-0.15, -0.1) is 24.0 Å². The summed E-state index contributed by atoms with van der Waals surface area (Å²) in [6.45, 7) is 2.58. The highest BCUT2D eigenvalue weighted by atomic mass is 127. The Bertz CT molecular complexity index is 645. The van der Waals surface area contributed by atoms with Crippen molar-refractivity contribution in [2.75, 3.05) is 20.1 Å². The number of halogens is 2. The predicted molar refractivity (Wildman–Crippen MR) is 107 cm³/mol. The van der Waals surface area contributed by atoms with Crippen LogP contribution in [0.5, 0.6) is 0 Å². The van der Waals surface area contributed by atoms with E-state index in [1.165, 1.54) is 25.0 Å². The SMILES string of the molecule is CN=C(NCc1cc(C#N)ccc1F)NC1CCN(C2CC2)CC1.I. The number of likely N-dealkylation sites (tertiary alicyclic amines) is 1. The minimum absolute atomic E-state index is 0. The molecule has 0 radical (unpaired) electrons. The Kier molecular flexibility index (Phi) is 7.44. The van der Waals surface area contributed by atoms with Gasteiger partial charge in [-0.25, -0.2) is 4.39 Å². The van der Waals surface area contributed by atoms with Gasteiger partial charge in [0.1, 0.15) is 5.82 Å². The molecule has 0 spiro atoms. The van der Waals surface area contributed by atoms with Gasteiger partial charge in [0.15, 0.2) is 5.96 Å². The predicted octanol–water partition coefficient (Wildman–Crippen LogP) is 2.61. The van der Waals surface area contributed by atoms with Crippen LogP contribution < -0.4 is 10.6 Å². The summed E-state index contributed by atoms with van der Waals surface area (Å²) < 4.78 is 13.8. The quantitative estimate of drug-likeness (QED) is 0.415. The van der Waals surface area contributed by atoms with E-state index in [0.29, 0.717) is 29.7 Å². The normalized spacial score (nSPS) is 19.0. The summed E-state index contributed by atoms with van der Waals surface area (Å²) in [5.41, 5.74) is 0.934. The maximum absolute atomic E-state index is 13.8. The van der Waals surface area contributed by atoms with Crippen LogP contribution in [0, 0.1) is 17.1 Å². The van der Waals surface area contributed by atoms with Gasteiger partial charge in [-0.1, -0.05) is 0 Å². The Balaban J connectivity index is 0.00000225. The molecular formula is C18H25FIN5. The van der Waals surface area contributed by atoms with Gasteiger partial charge >= 0.3 is 0 Å². The van der Waals surface area contributed by atoms with Gasteiger partial charge in [-0.3, -0.25) is 4.99 Å². The van der Waals surface area contributed by atoms with Crippen LogP contribution in [0.25, 0.3) is 0 Å². The van der Waals surface area contributed by atoms with Crippen molar-refractivity contribution in [3.8, 4) is 6.07 Å². The summed E-state index contributed by atoms with van der Waals surface area (Å²) in [4.78, 5) is 6.81. The molecule has 1 aliphatic carbocycles. The molecule has 25 heavy (non-hydrogen) atoms. The van der Waals surface area contributed by atoms with Crippen LogP contribution in [0.2, 0.25) is 0 Å². The van der Waals surface area contributed by atoms with Crippen molar-refractivity contribution < 1.29 is 4.39 Å². The van der Waals surface area contributed by atoms with E-state index in [1.807, 2.05) is 6.07 Å². The van der Waals surface area contributed by atoms with Crippen LogP contribution in [-0.4, -0.2) is 43.1 Å². The maximum atomic E-state index is 13.8. The van der Waals surface area contributed by atoms with Crippen LogP contribution >= 0.6 is 24.0 Å². The number of guanidine groups is 1. The highest BCUT2D eigenvalue weighted by Gasteiger charge is 2.31. The van der Waals surface area contributed by atoms with Gasteiger partial charge < -0.3 is 15.5 Å². The lowest BCUT2D eigenvalue weighted by Crippen LogP contribution is -2.48. The molecule has 2 fully saturated rings. The second-order valence-electron chi connectivity index (χ2n) is 6.53. The molecule has 0 amide bonds. The fourth-order valence-electron chi connectivity index (χ4n) is 3.20. The third-order valence-corrected chi connectivity index (χ3v) is 4.78. The van der Waals surface area contributed by atoms with Crippen LogP contribution in [-0.2, 0) is 6.54 Å². The summed E-state index contributed by atoms with van der Waals surface area (Å²) in [5, 5.41) is 15.5. The number of hydrogen-bond acceptors (Lipinski definition) is 3. The summed E-state index contributed by atoms with van der Waals surface area (Å²) >= 11 is 0. The molecule has 136 valence electrons. The van der Waals surface area contributed by atoms with E-state index in [0.717, 1.165) is 32.0 Å². The molecule has 2 N–H and O–H groups in total. The molecule has 1 saturated heterocycles. The van der Waals surface area contributed by atoms with Crippen molar-refractivity contribution in [1.82, 2.24) is 15.5 Å². The maximum Gasteiger partial charge on any atom is 0.191 e. The minimum Gasteiger partial charge on any atom is -0.354 e. The summed E-state index contributed by atoms with van der Waals surface area (Å²) in [5.74, 6) is 0.372. The molecule has 0 atom stereocenters. The number of nitrogens with zero attached hydrogens (tertiary/aromatic N) is 3. The van der Waals surface area contributed by atoms with Gasteiger partial charge in [-0.2, -0.15) is 5.26 Å². The molecular weight excluding hydrogens is 432 g/mol. The second kappa shape index (κ2) is 9.34. The van der Waals surface area contributed by atoms with Crippen molar-refractivity contribution in [3.63, 3.8) is 0 Å². The Morgan fingerprint density at radius 1 is 1.32 bits per heavy atom. The fraction of sp³-hybridized carbons (Fsp3) is 0.556. The number of hydrogen-bond donors (Lipinski definition) is 2. The smallest absolute Gasteiger partial charge is 0.191 e. The van der Waals surface area contributed by atoms with E-state index < -0.39 is 0 Å². The first kappa shape index (κ1) is 19.9. The molecule has 1 aromatic rings. The van der Waals surface area contributed by atoms with Crippen molar-refractivity contribution >= 4 is 29.9 Å². The lowest BCUT2D eigenvalue weighted by atomic mass is 10.1. The van der Waals surface area contributed by atoms with Crippen molar-refractivity contribution in [2.24, 2.45) is 4.99 Å². The van der Waals surface area contributed by atoms with E-state index in [2.05, 4.69) is 20.5 Å². The third-order valence-electron chi connectivity index (χ3n) is 4.78. The number of nitrogens with one attached hydrogen (secondary N) is 2. The molecule has 0 bridgehead atoms. The van der Waals surface area contributed by atoms with Gasteiger partial charge in [0.2, 0.25) is 0 Å². The standard InChI is InChI=1S/C18H24FN5.HI/c1-21-18(22-12-14-10-13(11-20)2-5-17(14)19)23-15-6-8-24(9-7-15)16-3-4-16;/h2,5,10,15-16H,3-4,6-9,12H2,1H3,(H2,21,22,23);1H. The van der Waals surface area contributed by atoms with Crippen LogP contribution in [0.1, 0.15) is 36.8 Å². The second-order valence-corrected chi connectivity index (χ2v) is 6.53. The largest absolute Gasteiger partial charge is 0.354 e. The molecule has 1 heterocycles. The van der Waals surface area contributed by atoms with Gasteiger partial charge in [0, 0.05) is 44.3 Å². The van der Waals surface area contributed by atoms with Gasteiger partial charge in [-0.05, 0) is 43.9 Å². The Hall–Kier alpha value is -1.40. The minimum atomic E-state index is -0.310. The highest BCUT2D eigenvalue weighted by molar-refractivity contribution is 14.0. The van der Waals surface area contributed by atoms with Crippen molar-refractivity contribution in [1.29, 1.82) is 5.26 Å². The first-order valence-corrected chi connectivity index (χ1v) is 8.59. The molecule has 1 aliphatic heterocycles. The molecule has 2 aliphatic rings. The molecule has 1 aromatic carbocycles. The number of piperidine rings is 1. The summed E-state index contributed by atoms with van der Waals surface area (Å²) in [7, 11) is 1.72. The van der Waals surface area contributed by atoms with Crippen LogP contribution in [0.3, 0.4) is 0 Å². The fourth-order valence-corrected chi connectivity index (χ4v) is 3.20. The van der Waals surface area contributed by atoms with Crippen molar-refractivity contribution in [3.05, 3.63) is 35.1 Å². The monoisotopic (exact) mass is 457 g/mol. The number of nitriles is 1.